The van der Waals surface area contributed by atoms with Gasteiger partial charge in [-0.2, -0.15) is 0 Å². The first kappa shape index (κ1) is 13.2. The van der Waals surface area contributed by atoms with Crippen molar-refractivity contribution in [1.82, 2.24) is 9.97 Å². The van der Waals surface area contributed by atoms with E-state index in [0.29, 0.717) is 5.95 Å². The van der Waals surface area contributed by atoms with Crippen molar-refractivity contribution < 1.29 is 4.39 Å². The zero-order chi connectivity index (χ0) is 14.5. The number of hydrogen-bond donors (Lipinski definition) is 1. The fourth-order valence-corrected chi connectivity index (χ4v) is 2.19. The molecule has 4 heteroatoms. The van der Waals surface area contributed by atoms with Crippen LogP contribution >= 0.6 is 0 Å². The number of nitrogens with zero attached hydrogens (tertiary/aromatic N) is 2. The number of halogens is 1. The average Bonchev–Trinajstić information content (AvgIpc) is 2.54. The number of aromatic nitrogens is 2. The second-order valence-electron chi connectivity index (χ2n) is 4.62. The van der Waals surface area contributed by atoms with Crippen molar-refractivity contribution in [3.8, 4) is 0 Å². The van der Waals surface area contributed by atoms with Gasteiger partial charge < -0.3 is 5.32 Å². The Balaban J connectivity index is 1.99. The molecule has 1 N–H and O–H groups in total. The Bertz CT molecular complexity index is 701. The van der Waals surface area contributed by atoms with E-state index in [-0.39, 0.29) is 11.9 Å². The molecule has 3 nitrogen and oxygen atoms in total. The van der Waals surface area contributed by atoms with E-state index >= 15 is 0 Å². The van der Waals surface area contributed by atoms with Crippen LogP contribution in [0.1, 0.15) is 17.2 Å². The van der Waals surface area contributed by atoms with Crippen LogP contribution in [0.5, 0.6) is 0 Å². The summed E-state index contributed by atoms with van der Waals surface area (Å²) in [4.78, 5) is 8.35. The topological polar surface area (TPSA) is 37.8 Å². The monoisotopic (exact) mass is 279 g/mol. The first-order valence-corrected chi connectivity index (χ1v) is 6.67. The summed E-state index contributed by atoms with van der Waals surface area (Å²) in [6.07, 6.45) is 3.34. The molecule has 1 unspecified atom stereocenters. The lowest BCUT2D eigenvalue weighted by molar-refractivity contribution is 0.624. The standard InChI is InChI=1S/C17H14FN3/c18-15-9-4-8-14(12-15)16(13-6-2-1-3-7-13)21-17-19-10-5-11-20-17/h1-12,16H,(H,19,20,21). The van der Waals surface area contributed by atoms with E-state index in [9.17, 15) is 4.39 Å². The Hall–Kier alpha value is -2.75. The summed E-state index contributed by atoms with van der Waals surface area (Å²) < 4.78 is 13.5. The van der Waals surface area contributed by atoms with E-state index in [1.54, 1.807) is 24.5 Å². The van der Waals surface area contributed by atoms with Gasteiger partial charge in [-0.15, -0.1) is 0 Å². The van der Waals surface area contributed by atoms with Gasteiger partial charge in [0.05, 0.1) is 6.04 Å². The molecule has 104 valence electrons. The summed E-state index contributed by atoms with van der Waals surface area (Å²) in [6.45, 7) is 0. The molecule has 2 aromatic carbocycles. The molecule has 0 saturated heterocycles. The number of benzene rings is 2. The van der Waals surface area contributed by atoms with Crippen LogP contribution in [-0.4, -0.2) is 9.97 Å². The van der Waals surface area contributed by atoms with Crippen LogP contribution in [0.2, 0.25) is 0 Å². The van der Waals surface area contributed by atoms with E-state index in [1.165, 1.54) is 12.1 Å². The largest absolute Gasteiger partial charge is 0.343 e. The van der Waals surface area contributed by atoms with Crippen LogP contribution in [0.15, 0.2) is 73.1 Å². The Morgan fingerprint density at radius 1 is 0.810 bits per heavy atom. The Labute approximate surface area is 122 Å². The molecule has 0 saturated carbocycles. The van der Waals surface area contributed by atoms with Crippen LogP contribution in [0.4, 0.5) is 10.3 Å². The summed E-state index contributed by atoms with van der Waals surface area (Å²) in [5, 5.41) is 3.25. The number of hydrogen-bond acceptors (Lipinski definition) is 3. The maximum atomic E-state index is 13.5. The molecule has 0 bridgehead atoms. The first-order chi connectivity index (χ1) is 10.3. The van der Waals surface area contributed by atoms with Gasteiger partial charge >= 0.3 is 0 Å². The van der Waals surface area contributed by atoms with Gasteiger partial charge in [-0.05, 0) is 29.3 Å². The predicted octanol–water partition coefficient (Wildman–Crippen LogP) is 3.82. The minimum atomic E-state index is -0.260. The highest BCUT2D eigenvalue weighted by atomic mass is 19.1. The molecule has 0 aliphatic rings. The average molecular weight is 279 g/mol. The molecule has 0 aliphatic carbocycles. The van der Waals surface area contributed by atoms with Crippen LogP contribution in [0.25, 0.3) is 0 Å². The molecule has 3 rings (SSSR count). The van der Waals surface area contributed by atoms with Gasteiger partial charge in [0.2, 0.25) is 5.95 Å². The quantitative estimate of drug-likeness (QED) is 0.789. The lowest BCUT2D eigenvalue weighted by atomic mass is 9.99. The molecule has 0 spiro atoms. The minimum absolute atomic E-state index is 0.204. The van der Waals surface area contributed by atoms with Crippen LogP contribution in [0, 0.1) is 5.82 Å². The lowest BCUT2D eigenvalue weighted by Crippen LogP contribution is -2.14. The molecular formula is C17H14FN3. The van der Waals surface area contributed by atoms with Crippen LogP contribution in [-0.2, 0) is 0 Å². The zero-order valence-corrected chi connectivity index (χ0v) is 11.3. The van der Waals surface area contributed by atoms with Gasteiger partial charge in [0, 0.05) is 12.4 Å². The Morgan fingerprint density at radius 3 is 2.24 bits per heavy atom. The Morgan fingerprint density at radius 2 is 1.52 bits per heavy atom. The van der Waals surface area contributed by atoms with Crippen molar-refractivity contribution in [3.63, 3.8) is 0 Å². The second-order valence-corrected chi connectivity index (χ2v) is 4.62. The van der Waals surface area contributed by atoms with Gasteiger partial charge in [0.1, 0.15) is 5.82 Å². The van der Waals surface area contributed by atoms with Gasteiger partial charge in [-0.1, -0.05) is 42.5 Å². The molecule has 3 aromatic rings. The van der Waals surface area contributed by atoms with Crippen molar-refractivity contribution in [3.05, 3.63) is 90.0 Å². The molecule has 0 radical (unpaired) electrons. The third kappa shape index (κ3) is 3.23. The van der Waals surface area contributed by atoms with Crippen molar-refractivity contribution in [2.75, 3.05) is 5.32 Å². The Kier molecular flexibility index (Phi) is 3.87. The third-order valence-corrected chi connectivity index (χ3v) is 3.15. The van der Waals surface area contributed by atoms with Crippen molar-refractivity contribution in [2.24, 2.45) is 0 Å². The predicted molar refractivity (Wildman–Crippen MR) is 80.3 cm³/mol. The summed E-state index contributed by atoms with van der Waals surface area (Å²) in [5.74, 6) is 0.250. The highest BCUT2D eigenvalue weighted by Crippen LogP contribution is 2.25. The molecule has 0 fully saturated rings. The van der Waals surface area contributed by atoms with Crippen LogP contribution in [0.3, 0.4) is 0 Å². The van der Waals surface area contributed by atoms with E-state index in [1.807, 2.05) is 36.4 Å². The van der Waals surface area contributed by atoms with E-state index < -0.39 is 0 Å². The molecule has 0 amide bonds. The second kappa shape index (κ2) is 6.13. The smallest absolute Gasteiger partial charge is 0.223 e. The molecular weight excluding hydrogens is 265 g/mol. The van der Waals surface area contributed by atoms with Gasteiger partial charge in [0.25, 0.3) is 0 Å². The maximum Gasteiger partial charge on any atom is 0.223 e. The molecule has 1 heterocycles. The van der Waals surface area contributed by atoms with E-state index in [0.717, 1.165) is 11.1 Å². The van der Waals surface area contributed by atoms with Crippen molar-refractivity contribution in [2.45, 2.75) is 6.04 Å². The highest BCUT2D eigenvalue weighted by molar-refractivity contribution is 5.40. The highest BCUT2D eigenvalue weighted by Gasteiger charge is 2.15. The van der Waals surface area contributed by atoms with Gasteiger partial charge in [-0.25, -0.2) is 14.4 Å². The lowest BCUT2D eigenvalue weighted by Gasteiger charge is -2.19. The first-order valence-electron chi connectivity index (χ1n) is 6.67. The summed E-state index contributed by atoms with van der Waals surface area (Å²) in [7, 11) is 0. The number of nitrogens with one attached hydrogen (secondary N) is 1. The molecule has 1 aromatic heterocycles. The third-order valence-electron chi connectivity index (χ3n) is 3.15. The molecule has 1 atom stereocenters. The fraction of sp³-hybridized carbons (Fsp3) is 0.0588. The summed E-state index contributed by atoms with van der Waals surface area (Å²) in [6, 6.07) is 17.9. The maximum absolute atomic E-state index is 13.5. The number of rotatable bonds is 4. The van der Waals surface area contributed by atoms with E-state index in [2.05, 4.69) is 15.3 Å². The molecule has 0 aliphatic heterocycles. The van der Waals surface area contributed by atoms with Crippen molar-refractivity contribution in [1.29, 1.82) is 0 Å². The van der Waals surface area contributed by atoms with Crippen molar-refractivity contribution >= 4 is 5.95 Å². The van der Waals surface area contributed by atoms with Crippen LogP contribution < -0.4 is 5.32 Å². The molecule has 21 heavy (non-hydrogen) atoms. The van der Waals surface area contributed by atoms with Gasteiger partial charge in [0.15, 0.2) is 0 Å². The summed E-state index contributed by atoms with van der Waals surface area (Å²) in [5.41, 5.74) is 1.85. The summed E-state index contributed by atoms with van der Waals surface area (Å²) >= 11 is 0. The minimum Gasteiger partial charge on any atom is -0.343 e. The van der Waals surface area contributed by atoms with Gasteiger partial charge in [-0.3, -0.25) is 0 Å². The van der Waals surface area contributed by atoms with E-state index in [4.69, 9.17) is 0 Å². The fourth-order valence-electron chi connectivity index (χ4n) is 2.19. The normalized spacial score (nSPS) is 11.9. The number of anilines is 1. The zero-order valence-electron chi connectivity index (χ0n) is 11.3. The SMILES string of the molecule is Fc1cccc(C(Nc2ncccn2)c2ccccc2)c1.